The number of nitrogens with one attached hydrogen (secondary N) is 2. The Morgan fingerprint density at radius 1 is 1.44 bits per heavy atom. The minimum Gasteiger partial charge on any atom is -0.367 e. The van der Waals surface area contributed by atoms with Crippen molar-refractivity contribution in [1.29, 1.82) is 0 Å². The second kappa shape index (κ2) is 5.85. The molecule has 0 saturated heterocycles. The number of nitrogens with zero attached hydrogens (tertiary/aromatic N) is 3. The molecule has 0 radical (unpaired) electrons. The molecule has 0 saturated carbocycles. The molecule has 1 aromatic heterocycles. The molecule has 8 heteroatoms. The lowest BCUT2D eigenvalue weighted by atomic mass is 10.2. The lowest BCUT2D eigenvalue weighted by Crippen LogP contribution is -2.26. The SMILES string of the molecule is CNc1ncnc(NCC(C)(C)SC)c1[N+](=O)[O-]. The number of hydrogen-bond acceptors (Lipinski definition) is 7. The molecule has 2 N–H and O–H groups in total. The highest BCUT2D eigenvalue weighted by molar-refractivity contribution is 7.99. The van der Waals surface area contributed by atoms with Crippen LogP contribution in [0.3, 0.4) is 0 Å². The van der Waals surface area contributed by atoms with Gasteiger partial charge in [-0.15, -0.1) is 0 Å². The summed E-state index contributed by atoms with van der Waals surface area (Å²) in [5, 5.41) is 16.7. The zero-order valence-electron chi connectivity index (χ0n) is 10.9. The van der Waals surface area contributed by atoms with Gasteiger partial charge in [-0.25, -0.2) is 9.97 Å². The summed E-state index contributed by atoms with van der Waals surface area (Å²) in [5.41, 5.74) is -0.128. The topological polar surface area (TPSA) is 93.0 Å². The Morgan fingerprint density at radius 3 is 2.56 bits per heavy atom. The van der Waals surface area contributed by atoms with Crippen LogP contribution in [0.4, 0.5) is 17.3 Å². The lowest BCUT2D eigenvalue weighted by Gasteiger charge is -2.22. The van der Waals surface area contributed by atoms with Gasteiger partial charge in [-0.2, -0.15) is 11.8 Å². The fourth-order valence-electron chi connectivity index (χ4n) is 1.23. The van der Waals surface area contributed by atoms with Crippen molar-refractivity contribution < 1.29 is 4.92 Å². The van der Waals surface area contributed by atoms with E-state index in [4.69, 9.17) is 0 Å². The van der Waals surface area contributed by atoms with Crippen LogP contribution in [0.1, 0.15) is 13.8 Å². The third kappa shape index (κ3) is 3.46. The molecule has 0 amide bonds. The summed E-state index contributed by atoms with van der Waals surface area (Å²) < 4.78 is -0.0291. The van der Waals surface area contributed by atoms with Crippen LogP contribution in [-0.4, -0.2) is 39.5 Å². The van der Waals surface area contributed by atoms with Crippen molar-refractivity contribution in [2.24, 2.45) is 0 Å². The summed E-state index contributed by atoms with van der Waals surface area (Å²) in [6, 6.07) is 0. The molecule has 1 rings (SSSR count). The van der Waals surface area contributed by atoms with E-state index in [0.717, 1.165) is 0 Å². The van der Waals surface area contributed by atoms with Crippen LogP contribution in [0.5, 0.6) is 0 Å². The Labute approximate surface area is 110 Å². The van der Waals surface area contributed by atoms with Gasteiger partial charge in [0.25, 0.3) is 0 Å². The van der Waals surface area contributed by atoms with E-state index in [9.17, 15) is 10.1 Å². The molecule has 0 aliphatic heterocycles. The van der Waals surface area contributed by atoms with E-state index in [2.05, 4.69) is 34.4 Å². The van der Waals surface area contributed by atoms with Crippen LogP contribution < -0.4 is 10.6 Å². The minimum atomic E-state index is -0.486. The van der Waals surface area contributed by atoms with Crippen molar-refractivity contribution in [1.82, 2.24) is 9.97 Å². The molecule has 0 bridgehead atoms. The molecular formula is C10H17N5O2S. The fourth-order valence-corrected chi connectivity index (χ4v) is 1.45. The Bertz CT molecular complexity index is 438. The second-order valence-corrected chi connectivity index (χ2v) is 5.76. The van der Waals surface area contributed by atoms with Crippen molar-refractivity contribution >= 4 is 29.1 Å². The molecule has 0 fully saturated rings. The van der Waals surface area contributed by atoms with Crippen LogP contribution in [0.25, 0.3) is 0 Å². The predicted octanol–water partition coefficient (Wildman–Crippen LogP) is 1.98. The highest BCUT2D eigenvalue weighted by Gasteiger charge is 2.24. The standard InChI is InChI=1S/C10H17N5O2S/c1-10(2,18-4)5-12-9-7(15(16)17)8(11-3)13-6-14-9/h6H,5H2,1-4H3,(H2,11,12,13,14). The van der Waals surface area contributed by atoms with Crippen molar-refractivity contribution in [3.8, 4) is 0 Å². The minimum absolute atomic E-state index is 0.0291. The summed E-state index contributed by atoms with van der Waals surface area (Å²) in [6.45, 7) is 4.68. The van der Waals surface area contributed by atoms with Gasteiger partial charge in [-0.1, -0.05) is 0 Å². The van der Waals surface area contributed by atoms with Gasteiger partial charge in [-0.3, -0.25) is 10.1 Å². The molecule has 0 aromatic carbocycles. The Kier molecular flexibility index (Phi) is 4.71. The Hall–Kier alpha value is -1.57. The van der Waals surface area contributed by atoms with Gasteiger partial charge in [-0.05, 0) is 20.1 Å². The van der Waals surface area contributed by atoms with E-state index in [1.807, 2.05) is 6.26 Å². The lowest BCUT2D eigenvalue weighted by molar-refractivity contribution is -0.383. The van der Waals surface area contributed by atoms with Gasteiger partial charge in [0.05, 0.1) is 4.92 Å². The van der Waals surface area contributed by atoms with Gasteiger partial charge in [0.15, 0.2) is 0 Å². The number of rotatable bonds is 6. The molecule has 0 aliphatic carbocycles. The first-order valence-electron chi connectivity index (χ1n) is 5.37. The maximum Gasteiger partial charge on any atom is 0.353 e. The molecule has 0 aliphatic rings. The number of hydrogen-bond donors (Lipinski definition) is 2. The quantitative estimate of drug-likeness (QED) is 0.603. The van der Waals surface area contributed by atoms with E-state index < -0.39 is 4.92 Å². The number of thioether (sulfide) groups is 1. The normalized spacial score (nSPS) is 11.1. The molecule has 0 unspecified atom stereocenters. The highest BCUT2D eigenvalue weighted by Crippen LogP contribution is 2.29. The van der Waals surface area contributed by atoms with Crippen LogP contribution >= 0.6 is 11.8 Å². The molecule has 18 heavy (non-hydrogen) atoms. The van der Waals surface area contributed by atoms with Gasteiger partial charge < -0.3 is 10.6 Å². The van der Waals surface area contributed by atoms with E-state index >= 15 is 0 Å². The maximum absolute atomic E-state index is 11.0. The molecule has 100 valence electrons. The number of aromatic nitrogens is 2. The second-order valence-electron chi connectivity index (χ2n) is 4.24. The highest BCUT2D eigenvalue weighted by atomic mass is 32.2. The van der Waals surface area contributed by atoms with Crippen molar-refractivity contribution in [2.45, 2.75) is 18.6 Å². The largest absolute Gasteiger partial charge is 0.367 e. The van der Waals surface area contributed by atoms with Crippen molar-refractivity contribution in [3.63, 3.8) is 0 Å². The third-order valence-electron chi connectivity index (χ3n) is 2.48. The van der Waals surface area contributed by atoms with Gasteiger partial charge in [0.2, 0.25) is 11.6 Å². The number of anilines is 2. The van der Waals surface area contributed by atoms with Crippen LogP contribution in [0.15, 0.2) is 6.33 Å². The molecule has 7 nitrogen and oxygen atoms in total. The zero-order valence-corrected chi connectivity index (χ0v) is 11.7. The first-order chi connectivity index (χ1) is 8.41. The van der Waals surface area contributed by atoms with Crippen molar-refractivity contribution in [2.75, 3.05) is 30.5 Å². The first-order valence-corrected chi connectivity index (χ1v) is 6.60. The zero-order chi connectivity index (χ0) is 13.8. The average Bonchev–Trinajstić information content (AvgIpc) is 2.35. The smallest absolute Gasteiger partial charge is 0.353 e. The van der Waals surface area contributed by atoms with Crippen LogP contribution in [0.2, 0.25) is 0 Å². The summed E-state index contributed by atoms with van der Waals surface area (Å²) in [5.74, 6) is 0.445. The molecule has 0 spiro atoms. The van der Waals surface area contributed by atoms with E-state index in [1.54, 1.807) is 18.8 Å². The van der Waals surface area contributed by atoms with Crippen molar-refractivity contribution in [3.05, 3.63) is 16.4 Å². The van der Waals surface area contributed by atoms with Gasteiger partial charge in [0, 0.05) is 18.3 Å². The van der Waals surface area contributed by atoms with Crippen LogP contribution in [0, 0.1) is 10.1 Å². The van der Waals surface area contributed by atoms with Gasteiger partial charge >= 0.3 is 5.69 Å². The van der Waals surface area contributed by atoms with E-state index in [1.165, 1.54) is 6.33 Å². The fraction of sp³-hybridized carbons (Fsp3) is 0.600. The summed E-state index contributed by atoms with van der Waals surface area (Å²) in [4.78, 5) is 18.3. The Balaban J connectivity index is 2.99. The first kappa shape index (κ1) is 14.5. The predicted molar refractivity (Wildman–Crippen MR) is 74.3 cm³/mol. The maximum atomic E-state index is 11.0. The summed E-state index contributed by atoms with van der Waals surface area (Å²) in [6.07, 6.45) is 3.29. The van der Waals surface area contributed by atoms with Crippen LogP contribution in [-0.2, 0) is 0 Å². The monoisotopic (exact) mass is 271 g/mol. The molecule has 1 heterocycles. The molecular weight excluding hydrogens is 254 g/mol. The summed E-state index contributed by atoms with van der Waals surface area (Å²) >= 11 is 1.68. The van der Waals surface area contributed by atoms with Gasteiger partial charge in [0.1, 0.15) is 6.33 Å². The van der Waals surface area contributed by atoms with E-state index in [0.29, 0.717) is 6.54 Å². The number of nitro groups is 1. The molecule has 1 aromatic rings. The Morgan fingerprint density at radius 2 is 2.06 bits per heavy atom. The summed E-state index contributed by atoms with van der Waals surface area (Å²) in [7, 11) is 1.59. The van der Waals surface area contributed by atoms with E-state index in [-0.39, 0.29) is 22.1 Å². The third-order valence-corrected chi connectivity index (χ3v) is 3.73. The average molecular weight is 271 g/mol. The molecule has 0 atom stereocenters.